The zero-order chi connectivity index (χ0) is 17.1. The molecule has 0 N–H and O–H groups in total. The molecular formula is C19H22N4O2. The molecule has 3 aromatic rings. The topological polar surface area (TPSA) is 58.5 Å². The number of aromatic nitrogens is 2. The first-order valence-corrected chi connectivity index (χ1v) is 8.63. The van der Waals surface area contributed by atoms with Crippen LogP contribution in [0.4, 0.5) is 0 Å². The van der Waals surface area contributed by atoms with Crippen LogP contribution in [0.3, 0.4) is 0 Å². The minimum atomic E-state index is 0.754. The zero-order valence-electron chi connectivity index (χ0n) is 14.4. The Morgan fingerprint density at radius 2 is 1.72 bits per heavy atom. The van der Waals surface area contributed by atoms with Gasteiger partial charge in [-0.3, -0.25) is 9.80 Å². The van der Waals surface area contributed by atoms with Crippen LogP contribution in [-0.2, 0) is 13.1 Å². The molecule has 1 fully saturated rings. The van der Waals surface area contributed by atoms with Crippen molar-refractivity contribution in [3.8, 4) is 11.3 Å². The van der Waals surface area contributed by atoms with Crippen molar-refractivity contribution in [3.05, 3.63) is 59.9 Å². The van der Waals surface area contributed by atoms with Crippen LogP contribution in [-0.4, -0.2) is 46.1 Å². The summed E-state index contributed by atoms with van der Waals surface area (Å²) < 4.78 is 11.0. The average molecular weight is 338 g/mol. The van der Waals surface area contributed by atoms with Crippen molar-refractivity contribution in [2.24, 2.45) is 0 Å². The average Bonchev–Trinajstić information content (AvgIpc) is 3.27. The van der Waals surface area contributed by atoms with Crippen molar-refractivity contribution < 1.29 is 8.94 Å². The maximum Gasteiger partial charge on any atom is 0.209 e. The van der Waals surface area contributed by atoms with Gasteiger partial charge in [0.1, 0.15) is 5.76 Å². The molecule has 0 saturated carbocycles. The second-order valence-electron chi connectivity index (χ2n) is 6.47. The van der Waals surface area contributed by atoms with Gasteiger partial charge in [-0.25, -0.2) is 4.98 Å². The van der Waals surface area contributed by atoms with Crippen LogP contribution < -0.4 is 0 Å². The van der Waals surface area contributed by atoms with Crippen LogP contribution in [0.1, 0.15) is 17.3 Å². The Morgan fingerprint density at radius 1 is 1.00 bits per heavy atom. The van der Waals surface area contributed by atoms with E-state index >= 15 is 0 Å². The van der Waals surface area contributed by atoms with Gasteiger partial charge in [-0.05, 0) is 6.92 Å². The Balaban J connectivity index is 1.29. The number of benzene rings is 1. The van der Waals surface area contributed by atoms with Gasteiger partial charge in [-0.15, -0.1) is 0 Å². The smallest absolute Gasteiger partial charge is 0.209 e. The molecule has 1 aliphatic rings. The second-order valence-corrected chi connectivity index (χ2v) is 6.47. The summed E-state index contributed by atoms with van der Waals surface area (Å²) in [5, 5.41) is 4.07. The van der Waals surface area contributed by atoms with Crippen LogP contribution in [0.15, 0.2) is 51.5 Å². The molecule has 0 spiro atoms. The minimum Gasteiger partial charge on any atom is -0.439 e. The number of nitrogens with zero attached hydrogens (tertiary/aromatic N) is 4. The molecule has 0 radical (unpaired) electrons. The summed E-state index contributed by atoms with van der Waals surface area (Å²) in [5.74, 6) is 2.47. The highest BCUT2D eigenvalue weighted by molar-refractivity contribution is 5.55. The van der Waals surface area contributed by atoms with E-state index in [1.54, 1.807) is 0 Å². The van der Waals surface area contributed by atoms with Crippen molar-refractivity contribution in [2.75, 3.05) is 26.2 Å². The molecule has 130 valence electrons. The van der Waals surface area contributed by atoms with Crippen LogP contribution in [0, 0.1) is 6.92 Å². The van der Waals surface area contributed by atoms with Gasteiger partial charge in [0, 0.05) is 44.4 Å². The van der Waals surface area contributed by atoms with Gasteiger partial charge in [0.2, 0.25) is 5.89 Å². The standard InChI is InChI=1S/C19H22N4O2/c1-15-11-17(21-25-15)13-22-7-9-23(10-8-22)14-19-20-12-18(24-19)16-5-3-2-4-6-16/h2-6,11-12H,7-10,13-14H2,1H3. The van der Waals surface area contributed by atoms with Crippen molar-refractivity contribution in [1.82, 2.24) is 19.9 Å². The molecule has 1 aliphatic heterocycles. The van der Waals surface area contributed by atoms with Gasteiger partial charge in [-0.2, -0.15) is 0 Å². The maximum absolute atomic E-state index is 5.91. The van der Waals surface area contributed by atoms with Crippen molar-refractivity contribution in [3.63, 3.8) is 0 Å². The van der Waals surface area contributed by atoms with Crippen LogP contribution in [0.25, 0.3) is 11.3 Å². The molecule has 0 aliphatic carbocycles. The quantitative estimate of drug-likeness (QED) is 0.713. The lowest BCUT2D eigenvalue weighted by Gasteiger charge is -2.33. The third kappa shape index (κ3) is 3.97. The largest absolute Gasteiger partial charge is 0.439 e. The summed E-state index contributed by atoms with van der Waals surface area (Å²) in [5.41, 5.74) is 2.07. The van der Waals surface area contributed by atoms with E-state index < -0.39 is 0 Å². The molecule has 2 aromatic heterocycles. The fourth-order valence-electron chi connectivity index (χ4n) is 3.14. The fraction of sp³-hybridized carbons (Fsp3) is 0.368. The van der Waals surface area contributed by atoms with Gasteiger partial charge in [0.15, 0.2) is 5.76 Å². The lowest BCUT2D eigenvalue weighted by Crippen LogP contribution is -2.45. The summed E-state index contributed by atoms with van der Waals surface area (Å²) in [6.07, 6.45) is 1.81. The van der Waals surface area contributed by atoms with E-state index in [1.807, 2.05) is 49.5 Å². The zero-order valence-corrected chi connectivity index (χ0v) is 14.4. The fourth-order valence-corrected chi connectivity index (χ4v) is 3.14. The summed E-state index contributed by atoms with van der Waals surface area (Å²) in [6, 6.07) is 12.1. The van der Waals surface area contributed by atoms with E-state index in [9.17, 15) is 0 Å². The van der Waals surface area contributed by atoms with Crippen molar-refractivity contribution in [2.45, 2.75) is 20.0 Å². The summed E-state index contributed by atoms with van der Waals surface area (Å²) in [6.45, 7) is 7.55. The van der Waals surface area contributed by atoms with E-state index in [2.05, 4.69) is 19.9 Å². The second kappa shape index (κ2) is 7.21. The maximum atomic E-state index is 5.91. The molecule has 1 saturated heterocycles. The predicted octanol–water partition coefficient (Wildman–Crippen LogP) is 2.96. The number of oxazole rings is 1. The highest BCUT2D eigenvalue weighted by Gasteiger charge is 2.19. The number of piperazine rings is 1. The number of aryl methyl sites for hydroxylation is 1. The van der Waals surface area contributed by atoms with Crippen LogP contribution in [0.2, 0.25) is 0 Å². The summed E-state index contributed by atoms with van der Waals surface area (Å²) in [7, 11) is 0. The first-order chi connectivity index (χ1) is 12.3. The molecule has 0 bridgehead atoms. The third-order valence-electron chi connectivity index (χ3n) is 4.50. The first-order valence-electron chi connectivity index (χ1n) is 8.63. The third-order valence-corrected chi connectivity index (χ3v) is 4.50. The minimum absolute atomic E-state index is 0.754. The van der Waals surface area contributed by atoms with E-state index in [-0.39, 0.29) is 0 Å². The molecular weight excluding hydrogens is 316 g/mol. The summed E-state index contributed by atoms with van der Waals surface area (Å²) >= 11 is 0. The van der Waals surface area contributed by atoms with Gasteiger partial charge < -0.3 is 8.94 Å². The molecule has 3 heterocycles. The SMILES string of the molecule is Cc1cc(CN2CCN(Cc3ncc(-c4ccccc4)o3)CC2)no1. The van der Waals surface area contributed by atoms with Gasteiger partial charge >= 0.3 is 0 Å². The Labute approximate surface area is 147 Å². The lowest BCUT2D eigenvalue weighted by molar-refractivity contribution is 0.113. The molecule has 6 nitrogen and oxygen atoms in total. The predicted molar refractivity (Wildman–Crippen MR) is 93.7 cm³/mol. The molecule has 1 aromatic carbocycles. The number of rotatable bonds is 5. The van der Waals surface area contributed by atoms with Crippen molar-refractivity contribution in [1.29, 1.82) is 0 Å². The molecule has 6 heteroatoms. The molecule has 0 atom stereocenters. The number of hydrogen-bond acceptors (Lipinski definition) is 6. The Kier molecular flexibility index (Phi) is 4.63. The van der Waals surface area contributed by atoms with E-state index in [0.717, 1.165) is 67.9 Å². The van der Waals surface area contributed by atoms with E-state index in [4.69, 9.17) is 8.94 Å². The molecule has 0 unspecified atom stereocenters. The monoisotopic (exact) mass is 338 g/mol. The van der Waals surface area contributed by atoms with E-state index in [0.29, 0.717) is 0 Å². The Bertz CT molecular complexity index is 804. The summed E-state index contributed by atoms with van der Waals surface area (Å²) in [4.78, 5) is 9.21. The molecule has 4 rings (SSSR count). The van der Waals surface area contributed by atoms with Crippen molar-refractivity contribution >= 4 is 0 Å². The van der Waals surface area contributed by atoms with Gasteiger partial charge in [0.05, 0.1) is 18.4 Å². The Morgan fingerprint density at radius 3 is 2.40 bits per heavy atom. The highest BCUT2D eigenvalue weighted by atomic mass is 16.5. The number of hydrogen-bond donors (Lipinski definition) is 0. The Hall–Kier alpha value is -2.44. The molecule has 25 heavy (non-hydrogen) atoms. The van der Waals surface area contributed by atoms with Crippen LogP contribution >= 0.6 is 0 Å². The van der Waals surface area contributed by atoms with Gasteiger partial charge in [0.25, 0.3) is 0 Å². The highest BCUT2D eigenvalue weighted by Crippen LogP contribution is 2.20. The molecule has 0 amide bonds. The lowest BCUT2D eigenvalue weighted by atomic mass is 10.2. The first kappa shape index (κ1) is 16.1. The van der Waals surface area contributed by atoms with Gasteiger partial charge in [-0.1, -0.05) is 35.5 Å². The van der Waals surface area contributed by atoms with Crippen LogP contribution in [0.5, 0.6) is 0 Å². The normalized spacial score (nSPS) is 16.4. The van der Waals surface area contributed by atoms with E-state index in [1.165, 1.54) is 0 Å².